The van der Waals surface area contributed by atoms with Gasteiger partial charge in [0.1, 0.15) is 11.5 Å². The summed E-state index contributed by atoms with van der Waals surface area (Å²) in [6.07, 6.45) is 0.937. The number of nitrogens with zero attached hydrogens (tertiary/aromatic N) is 2. The van der Waals surface area contributed by atoms with Gasteiger partial charge in [0.2, 0.25) is 0 Å². The van der Waals surface area contributed by atoms with Gasteiger partial charge in [0, 0.05) is 31.9 Å². The molecule has 0 radical (unpaired) electrons. The Labute approximate surface area is 148 Å². The van der Waals surface area contributed by atoms with Crippen LogP contribution in [0.5, 0.6) is 11.5 Å². The van der Waals surface area contributed by atoms with Crippen LogP contribution in [0.25, 0.3) is 0 Å². The third kappa shape index (κ3) is 3.87. The predicted octanol–water partition coefficient (Wildman–Crippen LogP) is 3.06. The number of para-hydroxylation sites is 1. The Morgan fingerprint density at radius 3 is 2.44 bits per heavy atom. The van der Waals surface area contributed by atoms with E-state index in [1.807, 2.05) is 23.1 Å². The van der Waals surface area contributed by atoms with Crippen LogP contribution in [0.4, 0.5) is 5.69 Å². The fourth-order valence-corrected chi connectivity index (χ4v) is 3.17. The average Bonchev–Trinajstić information content (AvgIpc) is 2.94. The molecule has 0 saturated carbocycles. The van der Waals surface area contributed by atoms with Crippen molar-refractivity contribution >= 4 is 11.6 Å². The molecule has 5 nitrogen and oxygen atoms in total. The number of methoxy groups -OCH3 is 2. The molecule has 5 heteroatoms. The Kier molecular flexibility index (Phi) is 5.43. The molecule has 132 valence electrons. The van der Waals surface area contributed by atoms with Crippen LogP contribution in [-0.2, 0) is 0 Å². The second-order valence-electron chi connectivity index (χ2n) is 6.03. The van der Waals surface area contributed by atoms with Crippen molar-refractivity contribution in [2.24, 2.45) is 0 Å². The summed E-state index contributed by atoms with van der Waals surface area (Å²) in [5.74, 6) is 1.23. The zero-order valence-electron chi connectivity index (χ0n) is 14.8. The summed E-state index contributed by atoms with van der Waals surface area (Å²) in [5.41, 5.74) is 1.76. The highest BCUT2D eigenvalue weighted by atomic mass is 16.5. The van der Waals surface area contributed by atoms with Crippen molar-refractivity contribution in [2.45, 2.75) is 6.42 Å². The van der Waals surface area contributed by atoms with Gasteiger partial charge in [0.25, 0.3) is 5.91 Å². The summed E-state index contributed by atoms with van der Waals surface area (Å²) in [7, 11) is 3.18. The van der Waals surface area contributed by atoms with Gasteiger partial charge in [0.15, 0.2) is 0 Å². The van der Waals surface area contributed by atoms with E-state index in [1.165, 1.54) is 5.69 Å². The molecule has 2 aromatic rings. The van der Waals surface area contributed by atoms with Crippen molar-refractivity contribution in [1.82, 2.24) is 4.90 Å². The highest BCUT2D eigenvalue weighted by Gasteiger charge is 2.23. The number of carbonyl (C=O) groups is 1. The molecule has 2 aromatic carbocycles. The van der Waals surface area contributed by atoms with Gasteiger partial charge < -0.3 is 19.3 Å². The number of carbonyl (C=O) groups excluding carboxylic acids is 1. The molecule has 0 atom stereocenters. The van der Waals surface area contributed by atoms with Gasteiger partial charge in [-0.15, -0.1) is 0 Å². The van der Waals surface area contributed by atoms with Crippen LogP contribution in [0, 0.1) is 0 Å². The number of hydrogen-bond donors (Lipinski definition) is 0. The normalized spacial score (nSPS) is 14.8. The minimum Gasteiger partial charge on any atom is -0.497 e. The van der Waals surface area contributed by atoms with Gasteiger partial charge in [-0.3, -0.25) is 4.79 Å². The number of rotatable bonds is 4. The van der Waals surface area contributed by atoms with Crippen LogP contribution in [0.15, 0.2) is 48.5 Å². The third-order valence-electron chi connectivity index (χ3n) is 4.54. The van der Waals surface area contributed by atoms with Crippen LogP contribution in [-0.4, -0.2) is 51.2 Å². The monoisotopic (exact) mass is 340 g/mol. The molecule has 0 N–H and O–H groups in total. The lowest BCUT2D eigenvalue weighted by Crippen LogP contribution is -2.35. The van der Waals surface area contributed by atoms with E-state index >= 15 is 0 Å². The summed E-state index contributed by atoms with van der Waals surface area (Å²) < 4.78 is 10.6. The number of amides is 1. The van der Waals surface area contributed by atoms with E-state index in [-0.39, 0.29) is 5.91 Å². The fraction of sp³-hybridized carbons (Fsp3) is 0.350. The molecule has 1 aliphatic rings. The Morgan fingerprint density at radius 1 is 0.920 bits per heavy atom. The molecule has 0 aromatic heterocycles. The highest BCUT2D eigenvalue weighted by molar-refractivity contribution is 5.97. The fourth-order valence-electron chi connectivity index (χ4n) is 3.17. The number of hydrogen-bond acceptors (Lipinski definition) is 4. The molecule has 1 fully saturated rings. The Morgan fingerprint density at radius 2 is 1.72 bits per heavy atom. The molecule has 1 heterocycles. The quantitative estimate of drug-likeness (QED) is 0.858. The van der Waals surface area contributed by atoms with Crippen LogP contribution in [0.3, 0.4) is 0 Å². The summed E-state index contributed by atoms with van der Waals surface area (Å²) >= 11 is 0. The van der Waals surface area contributed by atoms with Crippen molar-refractivity contribution in [3.8, 4) is 11.5 Å². The molecule has 0 unspecified atom stereocenters. The lowest BCUT2D eigenvalue weighted by Gasteiger charge is -2.24. The van der Waals surface area contributed by atoms with Crippen molar-refractivity contribution in [2.75, 3.05) is 45.3 Å². The predicted molar refractivity (Wildman–Crippen MR) is 98.7 cm³/mol. The van der Waals surface area contributed by atoms with Crippen molar-refractivity contribution < 1.29 is 14.3 Å². The standard InChI is InChI=1S/C20H24N2O3/c1-24-17-9-10-19(25-2)18(15-17)20(23)22-12-6-11-21(13-14-22)16-7-4-3-5-8-16/h3-5,7-10,15H,6,11-14H2,1-2H3. The lowest BCUT2D eigenvalue weighted by molar-refractivity contribution is 0.0763. The highest BCUT2D eigenvalue weighted by Crippen LogP contribution is 2.26. The first-order valence-electron chi connectivity index (χ1n) is 8.54. The second kappa shape index (κ2) is 7.92. The molecule has 3 rings (SSSR count). The van der Waals surface area contributed by atoms with Crippen molar-refractivity contribution in [3.63, 3.8) is 0 Å². The van der Waals surface area contributed by atoms with Crippen LogP contribution < -0.4 is 14.4 Å². The van der Waals surface area contributed by atoms with Gasteiger partial charge in [-0.25, -0.2) is 0 Å². The molecule has 1 saturated heterocycles. The first-order valence-corrected chi connectivity index (χ1v) is 8.54. The zero-order chi connectivity index (χ0) is 17.6. The minimum absolute atomic E-state index is 0.00865. The summed E-state index contributed by atoms with van der Waals surface area (Å²) in [6, 6.07) is 15.7. The molecule has 1 amide bonds. The average molecular weight is 340 g/mol. The van der Waals surface area contributed by atoms with E-state index in [9.17, 15) is 4.79 Å². The topological polar surface area (TPSA) is 42.0 Å². The van der Waals surface area contributed by atoms with Gasteiger partial charge in [-0.1, -0.05) is 18.2 Å². The second-order valence-corrected chi connectivity index (χ2v) is 6.03. The summed E-state index contributed by atoms with van der Waals surface area (Å²) in [5, 5.41) is 0. The molecule has 0 bridgehead atoms. The maximum Gasteiger partial charge on any atom is 0.257 e. The van der Waals surface area contributed by atoms with E-state index < -0.39 is 0 Å². The zero-order valence-corrected chi connectivity index (χ0v) is 14.8. The molecule has 0 aliphatic carbocycles. The maximum absolute atomic E-state index is 13.0. The van der Waals surface area contributed by atoms with Crippen molar-refractivity contribution in [3.05, 3.63) is 54.1 Å². The van der Waals surface area contributed by atoms with Gasteiger partial charge in [0.05, 0.1) is 19.8 Å². The van der Waals surface area contributed by atoms with E-state index in [4.69, 9.17) is 9.47 Å². The minimum atomic E-state index is -0.00865. The smallest absolute Gasteiger partial charge is 0.257 e. The largest absolute Gasteiger partial charge is 0.497 e. The first kappa shape index (κ1) is 17.1. The molecule has 25 heavy (non-hydrogen) atoms. The van der Waals surface area contributed by atoms with Gasteiger partial charge in [-0.05, 0) is 36.8 Å². The maximum atomic E-state index is 13.0. The lowest BCUT2D eigenvalue weighted by atomic mass is 10.1. The Hall–Kier alpha value is -2.69. The van der Waals surface area contributed by atoms with E-state index in [1.54, 1.807) is 32.4 Å². The molecule has 0 spiro atoms. The van der Waals surface area contributed by atoms with Crippen LogP contribution >= 0.6 is 0 Å². The summed E-state index contributed by atoms with van der Waals surface area (Å²) in [4.78, 5) is 17.2. The number of anilines is 1. The van der Waals surface area contributed by atoms with Crippen LogP contribution in [0.2, 0.25) is 0 Å². The van der Waals surface area contributed by atoms with Crippen molar-refractivity contribution in [1.29, 1.82) is 0 Å². The van der Waals surface area contributed by atoms with E-state index in [0.717, 1.165) is 26.1 Å². The van der Waals surface area contributed by atoms with Gasteiger partial charge >= 0.3 is 0 Å². The summed E-state index contributed by atoms with van der Waals surface area (Å²) in [6.45, 7) is 3.20. The molecule has 1 aliphatic heterocycles. The van der Waals surface area contributed by atoms with Crippen LogP contribution in [0.1, 0.15) is 16.8 Å². The third-order valence-corrected chi connectivity index (χ3v) is 4.54. The van der Waals surface area contributed by atoms with E-state index in [0.29, 0.717) is 23.6 Å². The first-order chi connectivity index (χ1) is 12.2. The molecular weight excluding hydrogens is 316 g/mol. The molecular formula is C20H24N2O3. The number of ether oxygens (including phenoxy) is 2. The number of benzene rings is 2. The van der Waals surface area contributed by atoms with E-state index in [2.05, 4.69) is 17.0 Å². The Balaban J connectivity index is 1.75. The Bertz CT molecular complexity index is 718. The van der Waals surface area contributed by atoms with Gasteiger partial charge in [-0.2, -0.15) is 0 Å². The SMILES string of the molecule is COc1ccc(OC)c(C(=O)N2CCCN(c3ccccc3)CC2)c1.